The van der Waals surface area contributed by atoms with E-state index in [9.17, 15) is 9.59 Å². The summed E-state index contributed by atoms with van der Waals surface area (Å²) in [6.07, 6.45) is 6.24. The smallest absolute Gasteiger partial charge is 0.310 e. The topological polar surface area (TPSA) is 46.6 Å². The highest BCUT2D eigenvalue weighted by molar-refractivity contribution is 5.80. The fourth-order valence-corrected chi connectivity index (χ4v) is 3.08. The Labute approximate surface area is 122 Å². The van der Waals surface area contributed by atoms with E-state index in [1.165, 1.54) is 20.0 Å². The molecule has 0 N–H and O–H groups in total. The van der Waals surface area contributed by atoms with E-state index in [0.717, 1.165) is 25.7 Å². The summed E-state index contributed by atoms with van der Waals surface area (Å²) in [7, 11) is 1.40. The summed E-state index contributed by atoms with van der Waals surface area (Å²) in [4.78, 5) is 26.3. The standard InChI is InChI=1S/C16H29NO3/c1-5-13(6-2)15(18)17(14-9-7-8-10-14)11-12(3)16(19)20-4/h12-14H,5-11H2,1-4H3. The number of amides is 1. The molecule has 1 amide bonds. The maximum absolute atomic E-state index is 12.7. The summed E-state index contributed by atoms with van der Waals surface area (Å²) < 4.78 is 4.79. The molecule has 0 aliphatic heterocycles. The molecule has 0 heterocycles. The van der Waals surface area contributed by atoms with E-state index in [0.29, 0.717) is 12.6 Å². The number of hydrogen-bond acceptors (Lipinski definition) is 3. The lowest BCUT2D eigenvalue weighted by molar-refractivity contribution is -0.148. The van der Waals surface area contributed by atoms with Crippen LogP contribution in [0.15, 0.2) is 0 Å². The van der Waals surface area contributed by atoms with E-state index in [2.05, 4.69) is 13.8 Å². The Bertz CT molecular complexity index is 320. The molecule has 1 atom stereocenters. The van der Waals surface area contributed by atoms with Crippen LogP contribution in [0.5, 0.6) is 0 Å². The monoisotopic (exact) mass is 283 g/mol. The molecule has 4 heteroatoms. The predicted molar refractivity (Wildman–Crippen MR) is 79.2 cm³/mol. The molecule has 4 nitrogen and oxygen atoms in total. The number of carbonyl (C=O) groups is 2. The molecule has 1 fully saturated rings. The predicted octanol–water partition coefficient (Wildman–Crippen LogP) is 3.00. The summed E-state index contributed by atoms with van der Waals surface area (Å²) in [5.74, 6) is -0.178. The van der Waals surface area contributed by atoms with Gasteiger partial charge in [-0.1, -0.05) is 33.6 Å². The van der Waals surface area contributed by atoms with Crippen LogP contribution >= 0.6 is 0 Å². The van der Waals surface area contributed by atoms with Gasteiger partial charge in [0.15, 0.2) is 0 Å². The van der Waals surface area contributed by atoms with Gasteiger partial charge in [0.2, 0.25) is 5.91 Å². The number of hydrogen-bond donors (Lipinski definition) is 0. The first kappa shape index (κ1) is 17.0. The van der Waals surface area contributed by atoms with Crippen LogP contribution in [-0.4, -0.2) is 36.5 Å². The molecule has 0 radical (unpaired) electrons. The average Bonchev–Trinajstić information content (AvgIpc) is 2.98. The van der Waals surface area contributed by atoms with Gasteiger partial charge in [-0.25, -0.2) is 0 Å². The van der Waals surface area contributed by atoms with Crippen molar-refractivity contribution in [2.45, 2.75) is 65.3 Å². The molecular weight excluding hydrogens is 254 g/mol. The van der Waals surface area contributed by atoms with Gasteiger partial charge in [-0.15, -0.1) is 0 Å². The minimum atomic E-state index is -0.251. The van der Waals surface area contributed by atoms with E-state index >= 15 is 0 Å². The maximum Gasteiger partial charge on any atom is 0.310 e. The Morgan fingerprint density at radius 1 is 1.20 bits per heavy atom. The first-order chi connectivity index (χ1) is 9.54. The van der Waals surface area contributed by atoms with Crippen molar-refractivity contribution in [1.82, 2.24) is 4.90 Å². The van der Waals surface area contributed by atoms with Gasteiger partial charge in [-0.2, -0.15) is 0 Å². The summed E-state index contributed by atoms with van der Waals surface area (Å²) >= 11 is 0. The van der Waals surface area contributed by atoms with Gasteiger partial charge in [0.05, 0.1) is 13.0 Å². The van der Waals surface area contributed by atoms with Crippen molar-refractivity contribution in [3.8, 4) is 0 Å². The van der Waals surface area contributed by atoms with Crippen LogP contribution in [-0.2, 0) is 14.3 Å². The van der Waals surface area contributed by atoms with Crippen molar-refractivity contribution in [3.05, 3.63) is 0 Å². The highest BCUT2D eigenvalue weighted by atomic mass is 16.5. The zero-order chi connectivity index (χ0) is 15.1. The lowest BCUT2D eigenvalue weighted by Crippen LogP contribution is -2.45. The Balaban J connectivity index is 2.79. The van der Waals surface area contributed by atoms with Crippen molar-refractivity contribution in [2.75, 3.05) is 13.7 Å². The average molecular weight is 283 g/mol. The lowest BCUT2D eigenvalue weighted by atomic mass is 9.99. The number of nitrogens with zero attached hydrogens (tertiary/aromatic N) is 1. The molecular formula is C16H29NO3. The Morgan fingerprint density at radius 3 is 2.20 bits per heavy atom. The molecule has 1 rings (SSSR count). The molecule has 0 bridgehead atoms. The molecule has 1 saturated carbocycles. The van der Waals surface area contributed by atoms with Crippen LogP contribution in [0.4, 0.5) is 0 Å². The van der Waals surface area contributed by atoms with Crippen molar-refractivity contribution in [1.29, 1.82) is 0 Å². The van der Waals surface area contributed by atoms with E-state index in [-0.39, 0.29) is 23.7 Å². The Kier molecular flexibility index (Phi) is 7.03. The molecule has 0 aromatic carbocycles. The molecule has 116 valence electrons. The molecule has 0 aromatic rings. The van der Waals surface area contributed by atoms with Gasteiger partial charge < -0.3 is 9.64 Å². The summed E-state index contributed by atoms with van der Waals surface area (Å²) in [6, 6.07) is 0.315. The van der Waals surface area contributed by atoms with Gasteiger partial charge >= 0.3 is 5.97 Å². The SMILES string of the molecule is CCC(CC)C(=O)N(CC(C)C(=O)OC)C1CCCC1. The first-order valence-corrected chi connectivity index (χ1v) is 7.93. The quantitative estimate of drug-likeness (QED) is 0.675. The molecule has 0 aromatic heterocycles. The van der Waals surface area contributed by atoms with Gasteiger partial charge in [-0.05, 0) is 25.7 Å². The van der Waals surface area contributed by atoms with E-state index in [1.807, 2.05) is 11.8 Å². The fraction of sp³-hybridized carbons (Fsp3) is 0.875. The number of ether oxygens (including phenoxy) is 1. The molecule has 1 aliphatic rings. The van der Waals surface area contributed by atoms with Crippen LogP contribution in [0.3, 0.4) is 0 Å². The second-order valence-corrected chi connectivity index (χ2v) is 5.87. The summed E-state index contributed by atoms with van der Waals surface area (Å²) in [5, 5.41) is 0. The molecule has 1 unspecified atom stereocenters. The third-order valence-electron chi connectivity index (χ3n) is 4.46. The highest BCUT2D eigenvalue weighted by Gasteiger charge is 2.32. The van der Waals surface area contributed by atoms with E-state index in [4.69, 9.17) is 4.74 Å². The van der Waals surface area contributed by atoms with Crippen molar-refractivity contribution in [3.63, 3.8) is 0 Å². The van der Waals surface area contributed by atoms with Crippen LogP contribution in [0.2, 0.25) is 0 Å². The number of methoxy groups -OCH3 is 1. The summed E-state index contributed by atoms with van der Waals surface area (Å²) in [6.45, 7) is 6.45. The van der Waals surface area contributed by atoms with E-state index in [1.54, 1.807) is 0 Å². The molecule has 20 heavy (non-hydrogen) atoms. The second kappa shape index (κ2) is 8.28. The van der Waals surface area contributed by atoms with Crippen LogP contribution in [0, 0.1) is 11.8 Å². The first-order valence-electron chi connectivity index (χ1n) is 7.93. The molecule has 0 saturated heterocycles. The van der Waals surface area contributed by atoms with Crippen LogP contribution < -0.4 is 0 Å². The zero-order valence-electron chi connectivity index (χ0n) is 13.4. The van der Waals surface area contributed by atoms with Gasteiger partial charge in [-0.3, -0.25) is 9.59 Å². The van der Waals surface area contributed by atoms with Gasteiger partial charge in [0.1, 0.15) is 0 Å². The van der Waals surface area contributed by atoms with Crippen molar-refractivity contribution in [2.24, 2.45) is 11.8 Å². The minimum absolute atomic E-state index is 0.0837. The fourth-order valence-electron chi connectivity index (χ4n) is 3.08. The van der Waals surface area contributed by atoms with Gasteiger partial charge in [0, 0.05) is 18.5 Å². The van der Waals surface area contributed by atoms with Crippen molar-refractivity contribution >= 4 is 11.9 Å². The number of esters is 1. The number of rotatable bonds is 7. The third kappa shape index (κ3) is 4.22. The second-order valence-electron chi connectivity index (χ2n) is 5.87. The molecule has 1 aliphatic carbocycles. The zero-order valence-corrected chi connectivity index (χ0v) is 13.4. The third-order valence-corrected chi connectivity index (χ3v) is 4.46. The normalized spacial score (nSPS) is 17.2. The highest BCUT2D eigenvalue weighted by Crippen LogP contribution is 2.27. The van der Waals surface area contributed by atoms with Crippen molar-refractivity contribution < 1.29 is 14.3 Å². The molecule has 0 spiro atoms. The Morgan fingerprint density at radius 2 is 1.75 bits per heavy atom. The number of carbonyl (C=O) groups excluding carboxylic acids is 2. The lowest BCUT2D eigenvalue weighted by Gasteiger charge is -2.33. The summed E-state index contributed by atoms with van der Waals surface area (Å²) in [5.41, 5.74) is 0. The minimum Gasteiger partial charge on any atom is -0.469 e. The van der Waals surface area contributed by atoms with Crippen LogP contribution in [0.1, 0.15) is 59.3 Å². The van der Waals surface area contributed by atoms with Gasteiger partial charge in [0.25, 0.3) is 0 Å². The Hall–Kier alpha value is -1.06. The largest absolute Gasteiger partial charge is 0.469 e. The van der Waals surface area contributed by atoms with E-state index < -0.39 is 0 Å². The van der Waals surface area contributed by atoms with Crippen LogP contribution in [0.25, 0.3) is 0 Å². The maximum atomic E-state index is 12.7.